The minimum absolute atomic E-state index is 0.0231. The number of amides is 1. The second kappa shape index (κ2) is 4.91. The highest BCUT2D eigenvalue weighted by Gasteiger charge is 2.27. The van der Waals surface area contributed by atoms with Crippen LogP contribution in [0.3, 0.4) is 0 Å². The number of carboxylic acid groups (broad SMARTS) is 1. The first-order valence-corrected chi connectivity index (χ1v) is 7.20. The van der Waals surface area contributed by atoms with Crippen LogP contribution >= 0.6 is 0 Å². The van der Waals surface area contributed by atoms with Gasteiger partial charge in [-0.1, -0.05) is 6.07 Å². The molecule has 0 spiro atoms. The van der Waals surface area contributed by atoms with Crippen LogP contribution in [0.4, 0.5) is 0 Å². The third-order valence-electron chi connectivity index (χ3n) is 4.23. The highest BCUT2D eigenvalue weighted by atomic mass is 16.4. The zero-order chi connectivity index (χ0) is 15.1. The number of hydrogen-bond acceptors (Lipinski definition) is 2. The number of hydrogen-bond donors (Lipinski definition) is 1. The molecule has 1 atom stereocenters. The summed E-state index contributed by atoms with van der Waals surface area (Å²) in [5.74, 6) is -0.926. The Balaban J connectivity index is 2.25. The van der Waals surface area contributed by atoms with Crippen molar-refractivity contribution in [3.05, 3.63) is 35.5 Å². The van der Waals surface area contributed by atoms with Crippen LogP contribution in [0, 0.1) is 0 Å². The lowest BCUT2D eigenvalue weighted by molar-refractivity contribution is 0.0696. The van der Waals surface area contributed by atoms with Gasteiger partial charge in [-0.15, -0.1) is 0 Å². The normalized spacial score (nSPS) is 18.7. The Morgan fingerprint density at radius 3 is 2.81 bits per heavy atom. The number of carbonyl (C=O) groups excluding carboxylic acids is 1. The zero-order valence-corrected chi connectivity index (χ0v) is 12.2. The Morgan fingerprint density at radius 2 is 2.14 bits per heavy atom. The van der Waals surface area contributed by atoms with E-state index >= 15 is 0 Å². The lowest BCUT2D eigenvalue weighted by atomic mass is 10.1. The van der Waals surface area contributed by atoms with Crippen LogP contribution in [0.25, 0.3) is 10.9 Å². The molecule has 0 unspecified atom stereocenters. The lowest BCUT2D eigenvalue weighted by Crippen LogP contribution is -2.30. The van der Waals surface area contributed by atoms with E-state index in [4.69, 9.17) is 5.11 Å². The number of nitrogens with zero attached hydrogens (tertiary/aromatic N) is 2. The smallest absolute Gasteiger partial charge is 0.335 e. The number of carbonyl (C=O) groups is 2. The average Bonchev–Trinajstić information content (AvgIpc) is 2.80. The van der Waals surface area contributed by atoms with Gasteiger partial charge in [-0.25, -0.2) is 4.79 Å². The summed E-state index contributed by atoms with van der Waals surface area (Å²) >= 11 is 0. The maximum Gasteiger partial charge on any atom is 0.335 e. The van der Waals surface area contributed by atoms with Gasteiger partial charge in [0.2, 0.25) is 0 Å². The van der Waals surface area contributed by atoms with Gasteiger partial charge in [0.05, 0.1) is 5.56 Å². The quantitative estimate of drug-likeness (QED) is 0.923. The number of benzene rings is 1. The zero-order valence-electron chi connectivity index (χ0n) is 12.2. The molecule has 2 aromatic rings. The summed E-state index contributed by atoms with van der Waals surface area (Å²) < 4.78 is 1.99. The first kappa shape index (κ1) is 13.7. The van der Waals surface area contributed by atoms with E-state index in [0.29, 0.717) is 12.2 Å². The molecule has 5 heteroatoms. The van der Waals surface area contributed by atoms with E-state index < -0.39 is 5.97 Å². The second-order valence-corrected chi connectivity index (χ2v) is 5.50. The molecule has 2 heterocycles. The maximum absolute atomic E-state index is 12.6. The Kier molecular flexibility index (Phi) is 3.20. The average molecular weight is 286 g/mol. The molecule has 0 radical (unpaired) electrons. The minimum Gasteiger partial charge on any atom is -0.478 e. The van der Waals surface area contributed by atoms with Gasteiger partial charge in [-0.05, 0) is 38.5 Å². The fraction of sp³-hybridized carbons (Fsp3) is 0.375. The summed E-state index contributed by atoms with van der Waals surface area (Å²) in [5, 5.41) is 10.1. The summed E-state index contributed by atoms with van der Waals surface area (Å²) in [4.78, 5) is 25.6. The molecule has 1 aromatic carbocycles. The summed E-state index contributed by atoms with van der Waals surface area (Å²) in [6.07, 6.45) is 0.869. The van der Waals surface area contributed by atoms with Gasteiger partial charge >= 0.3 is 5.97 Å². The lowest BCUT2D eigenvalue weighted by Gasteiger charge is -2.17. The molecule has 0 saturated carbocycles. The SMILES string of the molecule is CCN1CC[C@@H](C)n2c(cc3ccc(C(=O)O)cc32)C1=O. The predicted octanol–water partition coefficient (Wildman–Crippen LogP) is 2.77. The molecule has 0 fully saturated rings. The second-order valence-electron chi connectivity index (χ2n) is 5.50. The van der Waals surface area contributed by atoms with E-state index in [1.165, 1.54) is 0 Å². The van der Waals surface area contributed by atoms with Crippen molar-refractivity contribution in [2.75, 3.05) is 13.1 Å². The summed E-state index contributed by atoms with van der Waals surface area (Å²) in [6.45, 7) is 5.47. The van der Waals surface area contributed by atoms with Crippen molar-refractivity contribution in [3.8, 4) is 0 Å². The van der Waals surface area contributed by atoms with Crippen LogP contribution < -0.4 is 0 Å². The molecule has 1 amide bonds. The topological polar surface area (TPSA) is 62.5 Å². The predicted molar refractivity (Wildman–Crippen MR) is 79.8 cm³/mol. The van der Waals surface area contributed by atoms with Crippen molar-refractivity contribution in [2.45, 2.75) is 26.3 Å². The molecular formula is C16H18N2O3. The number of fused-ring (bicyclic) bond motifs is 3. The van der Waals surface area contributed by atoms with E-state index in [-0.39, 0.29) is 17.5 Å². The molecule has 21 heavy (non-hydrogen) atoms. The van der Waals surface area contributed by atoms with Gasteiger partial charge < -0.3 is 14.6 Å². The molecule has 1 N–H and O–H groups in total. The van der Waals surface area contributed by atoms with E-state index in [1.807, 2.05) is 22.5 Å². The fourth-order valence-electron chi connectivity index (χ4n) is 3.03. The van der Waals surface area contributed by atoms with Gasteiger partial charge in [0, 0.05) is 30.0 Å². The standard InChI is InChI=1S/C16H18N2O3/c1-3-17-7-6-10(2)18-13-9-12(16(20)21)5-4-11(13)8-14(18)15(17)19/h4-5,8-10H,3,6-7H2,1-2H3,(H,20,21)/t10-/m1/s1. The molecule has 1 aliphatic heterocycles. The molecule has 0 aliphatic carbocycles. The Bertz CT molecular complexity index is 732. The van der Waals surface area contributed by atoms with Crippen molar-refractivity contribution >= 4 is 22.8 Å². The van der Waals surface area contributed by atoms with Gasteiger partial charge in [-0.2, -0.15) is 0 Å². The summed E-state index contributed by atoms with van der Waals surface area (Å²) in [5.41, 5.74) is 1.72. The van der Waals surface area contributed by atoms with E-state index in [2.05, 4.69) is 6.92 Å². The van der Waals surface area contributed by atoms with Crippen LogP contribution in [0.2, 0.25) is 0 Å². The summed E-state index contributed by atoms with van der Waals surface area (Å²) in [7, 11) is 0. The molecule has 110 valence electrons. The van der Waals surface area contributed by atoms with Crippen molar-refractivity contribution in [2.24, 2.45) is 0 Å². The maximum atomic E-state index is 12.6. The van der Waals surface area contributed by atoms with Crippen LogP contribution in [-0.4, -0.2) is 39.5 Å². The van der Waals surface area contributed by atoms with E-state index in [9.17, 15) is 9.59 Å². The van der Waals surface area contributed by atoms with Crippen molar-refractivity contribution < 1.29 is 14.7 Å². The van der Waals surface area contributed by atoms with E-state index in [1.54, 1.807) is 18.2 Å². The highest BCUT2D eigenvalue weighted by molar-refractivity contribution is 6.01. The highest BCUT2D eigenvalue weighted by Crippen LogP contribution is 2.30. The Morgan fingerprint density at radius 1 is 1.38 bits per heavy atom. The number of aromatic carboxylic acids is 1. The monoisotopic (exact) mass is 286 g/mol. The van der Waals surface area contributed by atoms with Crippen LogP contribution in [0.15, 0.2) is 24.3 Å². The third-order valence-corrected chi connectivity index (χ3v) is 4.23. The molecule has 0 saturated heterocycles. The van der Waals surface area contributed by atoms with Crippen molar-refractivity contribution in [1.82, 2.24) is 9.47 Å². The van der Waals surface area contributed by atoms with E-state index in [0.717, 1.165) is 23.9 Å². The van der Waals surface area contributed by atoms with Gasteiger partial charge in [-0.3, -0.25) is 4.79 Å². The molecule has 1 aromatic heterocycles. The molecular weight excluding hydrogens is 268 g/mol. The first-order chi connectivity index (χ1) is 10.0. The van der Waals surface area contributed by atoms with Crippen LogP contribution in [0.5, 0.6) is 0 Å². The van der Waals surface area contributed by atoms with Gasteiger partial charge in [0.25, 0.3) is 5.91 Å². The third kappa shape index (κ3) is 2.09. The number of carboxylic acids is 1. The summed E-state index contributed by atoms with van der Waals surface area (Å²) in [6, 6.07) is 7.05. The Labute approximate surface area is 122 Å². The molecule has 3 rings (SSSR count). The minimum atomic E-state index is -0.949. The molecule has 1 aliphatic rings. The van der Waals surface area contributed by atoms with Gasteiger partial charge in [0.15, 0.2) is 0 Å². The molecule has 5 nitrogen and oxygen atoms in total. The first-order valence-electron chi connectivity index (χ1n) is 7.20. The van der Waals surface area contributed by atoms with Crippen LogP contribution in [0.1, 0.15) is 47.2 Å². The van der Waals surface area contributed by atoms with Gasteiger partial charge in [0.1, 0.15) is 5.69 Å². The number of aromatic nitrogens is 1. The van der Waals surface area contributed by atoms with Crippen molar-refractivity contribution in [3.63, 3.8) is 0 Å². The molecule has 0 bridgehead atoms. The van der Waals surface area contributed by atoms with Crippen LogP contribution in [-0.2, 0) is 0 Å². The van der Waals surface area contributed by atoms with Crippen molar-refractivity contribution in [1.29, 1.82) is 0 Å². The number of rotatable bonds is 2. The largest absolute Gasteiger partial charge is 0.478 e. The Hall–Kier alpha value is -2.30. The fourth-order valence-corrected chi connectivity index (χ4v) is 3.03.